The first-order chi connectivity index (χ1) is 12.4. The Morgan fingerprint density at radius 3 is 2.65 bits per heavy atom. The number of nitrogens with one attached hydrogen (secondary N) is 1. The van der Waals surface area contributed by atoms with Crippen molar-refractivity contribution in [1.82, 2.24) is 0 Å². The third-order valence-electron chi connectivity index (χ3n) is 3.24. The molecule has 1 N–H and O–H groups in total. The van der Waals surface area contributed by atoms with E-state index in [4.69, 9.17) is 39.5 Å². The lowest BCUT2D eigenvalue weighted by Crippen LogP contribution is -2.13. The first kappa shape index (κ1) is 20.1. The van der Waals surface area contributed by atoms with Crippen LogP contribution in [0.3, 0.4) is 0 Å². The number of hydrogen-bond donors (Lipinski definition) is 1. The highest BCUT2D eigenvalue weighted by Crippen LogP contribution is 2.34. The van der Waals surface area contributed by atoms with Crippen molar-refractivity contribution in [3.05, 3.63) is 62.6 Å². The average molecular weight is 410 g/mol. The zero-order chi connectivity index (χ0) is 19.1. The van der Waals surface area contributed by atoms with Crippen LogP contribution >= 0.6 is 34.8 Å². The van der Waals surface area contributed by atoms with Gasteiger partial charge in [0.1, 0.15) is 17.4 Å². The van der Waals surface area contributed by atoms with Crippen molar-refractivity contribution in [2.45, 2.75) is 13.3 Å². The monoisotopic (exact) mass is 408 g/mol. The van der Waals surface area contributed by atoms with E-state index in [0.717, 1.165) is 6.42 Å². The summed E-state index contributed by atoms with van der Waals surface area (Å²) in [6, 6.07) is 11.6. The van der Waals surface area contributed by atoms with E-state index in [1.165, 1.54) is 6.08 Å². The predicted molar refractivity (Wildman–Crippen MR) is 106 cm³/mol. The minimum atomic E-state index is -0.577. The molecule has 0 spiro atoms. The van der Waals surface area contributed by atoms with Gasteiger partial charge in [-0.05, 0) is 42.8 Å². The van der Waals surface area contributed by atoms with Crippen molar-refractivity contribution in [2.24, 2.45) is 0 Å². The molecule has 0 saturated heterocycles. The van der Waals surface area contributed by atoms with Crippen LogP contribution in [0.2, 0.25) is 15.1 Å². The number of nitriles is 1. The van der Waals surface area contributed by atoms with E-state index in [9.17, 15) is 10.1 Å². The largest absolute Gasteiger partial charge is 0.491 e. The molecule has 0 atom stereocenters. The van der Waals surface area contributed by atoms with Gasteiger partial charge < -0.3 is 10.1 Å². The second-order valence-corrected chi connectivity index (χ2v) is 6.57. The molecule has 0 unspecified atom stereocenters. The van der Waals surface area contributed by atoms with E-state index in [2.05, 4.69) is 5.32 Å². The Balaban J connectivity index is 2.36. The lowest BCUT2D eigenvalue weighted by atomic mass is 10.1. The van der Waals surface area contributed by atoms with Crippen LogP contribution in [0.4, 0.5) is 5.69 Å². The maximum absolute atomic E-state index is 12.4. The van der Waals surface area contributed by atoms with E-state index in [1.54, 1.807) is 36.4 Å². The molecule has 2 aromatic rings. The van der Waals surface area contributed by atoms with Gasteiger partial charge in [-0.1, -0.05) is 47.8 Å². The number of anilines is 1. The summed E-state index contributed by atoms with van der Waals surface area (Å²) in [5.41, 5.74) is 0.814. The third-order valence-corrected chi connectivity index (χ3v) is 3.97. The molecule has 0 aromatic heterocycles. The Bertz CT molecular complexity index is 889. The van der Waals surface area contributed by atoms with Crippen molar-refractivity contribution >= 4 is 52.5 Å². The molecule has 4 nitrogen and oxygen atoms in total. The van der Waals surface area contributed by atoms with Gasteiger partial charge >= 0.3 is 0 Å². The summed E-state index contributed by atoms with van der Waals surface area (Å²) in [4.78, 5) is 12.4. The summed E-state index contributed by atoms with van der Waals surface area (Å²) in [5.74, 6) is -0.200. The fourth-order valence-electron chi connectivity index (χ4n) is 2.11. The van der Waals surface area contributed by atoms with E-state index >= 15 is 0 Å². The Morgan fingerprint density at radius 1 is 1.23 bits per heavy atom. The van der Waals surface area contributed by atoms with Crippen molar-refractivity contribution < 1.29 is 9.53 Å². The summed E-state index contributed by atoms with van der Waals surface area (Å²) in [5, 5.41) is 13.2. The first-order valence-corrected chi connectivity index (χ1v) is 8.88. The molecule has 1 amide bonds. The number of benzene rings is 2. The highest BCUT2D eigenvalue weighted by atomic mass is 35.5. The molecule has 7 heteroatoms. The van der Waals surface area contributed by atoms with Crippen molar-refractivity contribution in [2.75, 3.05) is 11.9 Å². The SMILES string of the molecule is CCCOc1c(Cl)cc(Cl)cc1/C=C(\C#N)C(=O)Nc1cccc(Cl)c1. The van der Waals surface area contributed by atoms with Gasteiger partial charge in [0.15, 0.2) is 0 Å². The highest BCUT2D eigenvalue weighted by molar-refractivity contribution is 6.36. The number of amides is 1. The summed E-state index contributed by atoms with van der Waals surface area (Å²) in [7, 11) is 0. The van der Waals surface area contributed by atoms with Gasteiger partial charge in [-0.15, -0.1) is 0 Å². The molecule has 0 bridgehead atoms. The zero-order valence-electron chi connectivity index (χ0n) is 13.9. The molecule has 0 saturated carbocycles. The van der Waals surface area contributed by atoms with Crippen LogP contribution < -0.4 is 10.1 Å². The molecular formula is C19H15Cl3N2O2. The number of nitrogens with zero attached hydrogens (tertiary/aromatic N) is 1. The van der Waals surface area contributed by atoms with E-state index in [1.807, 2.05) is 13.0 Å². The number of carbonyl (C=O) groups excluding carboxylic acids is 1. The molecule has 0 radical (unpaired) electrons. The third kappa shape index (κ3) is 5.40. The zero-order valence-corrected chi connectivity index (χ0v) is 16.1. The van der Waals surface area contributed by atoms with Crippen LogP contribution in [0.1, 0.15) is 18.9 Å². The molecular weight excluding hydrogens is 395 g/mol. The molecule has 0 aliphatic carbocycles. The Kier molecular flexibility index (Phi) is 7.35. The molecule has 0 fully saturated rings. The van der Waals surface area contributed by atoms with Gasteiger partial charge in [-0.3, -0.25) is 4.79 Å². The van der Waals surface area contributed by atoms with Crippen LogP contribution in [0.5, 0.6) is 5.75 Å². The second-order valence-electron chi connectivity index (χ2n) is 5.29. The Labute approximate surface area is 166 Å². The van der Waals surface area contributed by atoms with Crippen molar-refractivity contribution in [3.8, 4) is 11.8 Å². The topological polar surface area (TPSA) is 62.1 Å². The number of ether oxygens (including phenoxy) is 1. The van der Waals surface area contributed by atoms with Crippen molar-refractivity contribution in [3.63, 3.8) is 0 Å². The van der Waals surface area contributed by atoms with Gasteiger partial charge in [-0.25, -0.2) is 0 Å². The number of hydrogen-bond acceptors (Lipinski definition) is 3. The van der Waals surface area contributed by atoms with Crippen LogP contribution in [0.25, 0.3) is 6.08 Å². The van der Waals surface area contributed by atoms with Gasteiger partial charge in [0.05, 0.1) is 11.6 Å². The molecule has 26 heavy (non-hydrogen) atoms. The fourth-order valence-corrected chi connectivity index (χ4v) is 2.87. The molecule has 2 aromatic carbocycles. The smallest absolute Gasteiger partial charge is 0.266 e. The van der Waals surface area contributed by atoms with E-state index in [0.29, 0.717) is 38.7 Å². The number of halogens is 3. The minimum absolute atomic E-state index is 0.121. The fraction of sp³-hybridized carbons (Fsp3) is 0.158. The minimum Gasteiger partial charge on any atom is -0.491 e. The molecule has 0 heterocycles. The molecule has 0 aliphatic heterocycles. The van der Waals surface area contributed by atoms with E-state index in [-0.39, 0.29) is 5.57 Å². The summed E-state index contributed by atoms with van der Waals surface area (Å²) in [6.07, 6.45) is 2.17. The standard InChI is InChI=1S/C19H15Cl3N2O2/c1-2-6-26-18-12(8-15(21)10-17(18)22)7-13(11-23)19(25)24-16-5-3-4-14(20)9-16/h3-5,7-10H,2,6H2,1H3,(H,24,25)/b13-7+. The van der Waals surface area contributed by atoms with Crippen LogP contribution in [-0.4, -0.2) is 12.5 Å². The van der Waals surface area contributed by atoms with Crippen LogP contribution in [0.15, 0.2) is 42.0 Å². The van der Waals surface area contributed by atoms with Crippen LogP contribution in [0, 0.1) is 11.3 Å². The lowest BCUT2D eigenvalue weighted by molar-refractivity contribution is -0.112. The normalized spacial score (nSPS) is 11.0. The van der Waals surface area contributed by atoms with E-state index < -0.39 is 5.91 Å². The lowest BCUT2D eigenvalue weighted by Gasteiger charge is -2.11. The highest BCUT2D eigenvalue weighted by Gasteiger charge is 2.14. The van der Waals surface area contributed by atoms with Gasteiger partial charge in [-0.2, -0.15) is 5.26 Å². The summed E-state index contributed by atoms with van der Waals surface area (Å²) in [6.45, 7) is 2.40. The quantitative estimate of drug-likeness (QED) is 0.471. The Hall–Kier alpha value is -2.19. The van der Waals surface area contributed by atoms with Gasteiger partial charge in [0.2, 0.25) is 0 Å². The van der Waals surface area contributed by atoms with Crippen LogP contribution in [-0.2, 0) is 4.79 Å². The molecule has 134 valence electrons. The maximum Gasteiger partial charge on any atom is 0.266 e. The number of carbonyl (C=O) groups is 1. The average Bonchev–Trinajstić information content (AvgIpc) is 2.58. The van der Waals surface area contributed by atoms with Gasteiger partial charge in [0, 0.05) is 21.3 Å². The molecule has 0 aliphatic rings. The summed E-state index contributed by atoms with van der Waals surface area (Å²) >= 11 is 18.1. The second kappa shape index (κ2) is 9.49. The summed E-state index contributed by atoms with van der Waals surface area (Å²) < 4.78 is 5.64. The number of rotatable bonds is 6. The Morgan fingerprint density at radius 2 is 2.00 bits per heavy atom. The maximum atomic E-state index is 12.4. The van der Waals surface area contributed by atoms with Crippen molar-refractivity contribution in [1.29, 1.82) is 5.26 Å². The van der Waals surface area contributed by atoms with Gasteiger partial charge in [0.25, 0.3) is 5.91 Å². The molecule has 2 rings (SSSR count). The first-order valence-electron chi connectivity index (χ1n) is 7.75. The predicted octanol–water partition coefficient (Wildman–Crippen LogP) is 5.98.